The lowest BCUT2D eigenvalue weighted by molar-refractivity contribution is -0.125. The molecular weight excluding hydrogens is 392 g/mol. The Hall–Kier alpha value is -2.87. The second-order valence-electron chi connectivity index (χ2n) is 8.41. The van der Waals surface area contributed by atoms with E-state index < -0.39 is 0 Å². The van der Waals surface area contributed by atoms with Gasteiger partial charge >= 0.3 is 0 Å². The van der Waals surface area contributed by atoms with Crippen LogP contribution in [0.15, 0.2) is 36.4 Å². The summed E-state index contributed by atoms with van der Waals surface area (Å²) in [5.74, 6) is 1.81. The van der Waals surface area contributed by atoms with E-state index in [9.17, 15) is 4.79 Å². The van der Waals surface area contributed by atoms with E-state index in [0.717, 1.165) is 68.6 Å². The molecule has 2 saturated heterocycles. The first-order chi connectivity index (χ1) is 15.1. The van der Waals surface area contributed by atoms with E-state index >= 15 is 0 Å². The van der Waals surface area contributed by atoms with E-state index in [1.807, 2.05) is 26.2 Å². The van der Waals surface area contributed by atoms with Gasteiger partial charge in [-0.1, -0.05) is 12.1 Å². The maximum Gasteiger partial charge on any atom is 0.225 e. The summed E-state index contributed by atoms with van der Waals surface area (Å²) < 4.78 is 5.40. The number of ether oxygens (including phenoxy) is 1. The molecule has 2 aliphatic heterocycles. The number of morpholine rings is 1. The number of hydrogen-bond acceptors (Lipinski definition) is 7. The van der Waals surface area contributed by atoms with Crippen LogP contribution in [0.4, 0.5) is 17.3 Å². The maximum absolute atomic E-state index is 12.8. The van der Waals surface area contributed by atoms with Crippen LogP contribution in [-0.2, 0) is 16.1 Å². The quantitative estimate of drug-likeness (QED) is 0.759. The van der Waals surface area contributed by atoms with Crippen LogP contribution in [0.2, 0.25) is 0 Å². The van der Waals surface area contributed by atoms with Crippen molar-refractivity contribution in [1.82, 2.24) is 15.5 Å². The minimum absolute atomic E-state index is 0.0319. The van der Waals surface area contributed by atoms with Crippen molar-refractivity contribution in [2.45, 2.75) is 19.4 Å². The fourth-order valence-electron chi connectivity index (χ4n) is 4.09. The zero-order chi connectivity index (χ0) is 21.6. The molecule has 1 aromatic carbocycles. The smallest absolute Gasteiger partial charge is 0.225 e. The van der Waals surface area contributed by atoms with Crippen molar-refractivity contribution in [2.24, 2.45) is 5.92 Å². The molecular formula is C23H32N6O2. The third-order valence-corrected chi connectivity index (χ3v) is 6.01. The Morgan fingerprint density at radius 3 is 2.35 bits per heavy atom. The summed E-state index contributed by atoms with van der Waals surface area (Å²) >= 11 is 0. The third-order valence-electron chi connectivity index (χ3n) is 6.01. The summed E-state index contributed by atoms with van der Waals surface area (Å²) in [7, 11) is 4.04. The van der Waals surface area contributed by atoms with Gasteiger partial charge < -0.3 is 24.8 Å². The SMILES string of the molecule is CN(C)c1ccc(CNC(=O)C2CCCN(c3ccc(N4CCOCC4)nn3)C2)cc1. The van der Waals surface area contributed by atoms with Crippen LogP contribution < -0.4 is 20.0 Å². The summed E-state index contributed by atoms with van der Waals surface area (Å²) in [4.78, 5) is 19.2. The van der Waals surface area contributed by atoms with Crippen molar-refractivity contribution < 1.29 is 9.53 Å². The van der Waals surface area contributed by atoms with Gasteiger partial charge in [0.05, 0.1) is 19.1 Å². The molecule has 8 nitrogen and oxygen atoms in total. The van der Waals surface area contributed by atoms with E-state index in [1.54, 1.807) is 0 Å². The van der Waals surface area contributed by atoms with Gasteiger partial charge in [0.2, 0.25) is 5.91 Å². The third kappa shape index (κ3) is 5.44. The highest BCUT2D eigenvalue weighted by Gasteiger charge is 2.26. The number of piperidine rings is 1. The van der Waals surface area contributed by atoms with Crippen LogP contribution in [0.1, 0.15) is 18.4 Å². The number of amides is 1. The molecule has 4 rings (SSSR count). The highest BCUT2D eigenvalue weighted by molar-refractivity contribution is 5.79. The van der Waals surface area contributed by atoms with Gasteiger partial charge in [-0.05, 0) is 42.7 Å². The van der Waals surface area contributed by atoms with Crippen LogP contribution in [0.3, 0.4) is 0 Å². The molecule has 166 valence electrons. The highest BCUT2D eigenvalue weighted by Crippen LogP contribution is 2.23. The molecule has 0 saturated carbocycles. The molecule has 2 aromatic rings. The number of carbonyl (C=O) groups is 1. The molecule has 2 fully saturated rings. The van der Waals surface area contributed by atoms with Gasteiger partial charge in [0.1, 0.15) is 0 Å². The molecule has 1 atom stereocenters. The minimum Gasteiger partial charge on any atom is -0.378 e. The molecule has 1 unspecified atom stereocenters. The highest BCUT2D eigenvalue weighted by atomic mass is 16.5. The Bertz CT molecular complexity index is 849. The summed E-state index contributed by atoms with van der Waals surface area (Å²) in [6, 6.07) is 12.3. The van der Waals surface area contributed by atoms with Crippen molar-refractivity contribution >= 4 is 23.2 Å². The lowest BCUT2D eigenvalue weighted by atomic mass is 9.97. The summed E-state index contributed by atoms with van der Waals surface area (Å²) in [6.45, 7) is 5.28. The molecule has 0 spiro atoms. The van der Waals surface area contributed by atoms with Gasteiger partial charge in [0.25, 0.3) is 0 Å². The summed E-state index contributed by atoms with van der Waals surface area (Å²) in [5.41, 5.74) is 2.26. The summed E-state index contributed by atoms with van der Waals surface area (Å²) in [6.07, 6.45) is 1.88. The molecule has 0 aliphatic carbocycles. The second-order valence-corrected chi connectivity index (χ2v) is 8.41. The first-order valence-corrected chi connectivity index (χ1v) is 11.1. The van der Waals surface area contributed by atoms with Crippen LogP contribution in [0.25, 0.3) is 0 Å². The Kier molecular flexibility index (Phi) is 6.86. The largest absolute Gasteiger partial charge is 0.378 e. The Morgan fingerprint density at radius 2 is 1.71 bits per heavy atom. The number of hydrogen-bond donors (Lipinski definition) is 1. The zero-order valence-corrected chi connectivity index (χ0v) is 18.5. The average Bonchev–Trinajstić information content (AvgIpc) is 2.83. The molecule has 1 amide bonds. The predicted octanol–water partition coefficient (Wildman–Crippen LogP) is 1.91. The van der Waals surface area contributed by atoms with Crippen LogP contribution in [0, 0.1) is 5.92 Å². The van der Waals surface area contributed by atoms with E-state index in [1.165, 1.54) is 0 Å². The normalized spacial score (nSPS) is 19.2. The van der Waals surface area contributed by atoms with Gasteiger partial charge in [-0.15, -0.1) is 10.2 Å². The Morgan fingerprint density at radius 1 is 1.03 bits per heavy atom. The number of anilines is 3. The minimum atomic E-state index is -0.0319. The molecule has 31 heavy (non-hydrogen) atoms. The van der Waals surface area contributed by atoms with Crippen molar-refractivity contribution in [2.75, 3.05) is 68.2 Å². The number of nitrogens with one attached hydrogen (secondary N) is 1. The van der Waals surface area contributed by atoms with Gasteiger partial charge in [0, 0.05) is 52.5 Å². The van der Waals surface area contributed by atoms with Gasteiger partial charge in [-0.2, -0.15) is 0 Å². The van der Waals surface area contributed by atoms with Gasteiger partial charge in [0.15, 0.2) is 11.6 Å². The predicted molar refractivity (Wildman–Crippen MR) is 123 cm³/mol. The van der Waals surface area contributed by atoms with E-state index in [2.05, 4.69) is 54.5 Å². The number of benzene rings is 1. The standard InChI is InChI=1S/C23H32N6O2/c1-27(2)20-7-5-18(6-8-20)16-24-23(30)19-4-3-11-29(17-19)22-10-9-21(25-26-22)28-12-14-31-15-13-28/h5-10,19H,3-4,11-17H2,1-2H3,(H,24,30). The Balaban J connectivity index is 1.30. The lowest BCUT2D eigenvalue weighted by Gasteiger charge is -2.33. The molecule has 1 aromatic heterocycles. The van der Waals surface area contributed by atoms with Crippen molar-refractivity contribution in [3.63, 3.8) is 0 Å². The zero-order valence-electron chi connectivity index (χ0n) is 18.5. The first-order valence-electron chi connectivity index (χ1n) is 11.1. The second kappa shape index (κ2) is 9.96. The number of rotatable bonds is 6. The van der Waals surface area contributed by atoms with Gasteiger partial charge in [-0.25, -0.2) is 0 Å². The summed E-state index contributed by atoms with van der Waals surface area (Å²) in [5, 5.41) is 12.0. The average molecular weight is 425 g/mol. The monoisotopic (exact) mass is 424 g/mol. The molecule has 2 aliphatic rings. The lowest BCUT2D eigenvalue weighted by Crippen LogP contribution is -2.43. The van der Waals surface area contributed by atoms with Gasteiger partial charge in [-0.3, -0.25) is 4.79 Å². The van der Waals surface area contributed by atoms with E-state index in [4.69, 9.17) is 4.74 Å². The molecule has 8 heteroatoms. The van der Waals surface area contributed by atoms with Crippen molar-refractivity contribution in [3.05, 3.63) is 42.0 Å². The van der Waals surface area contributed by atoms with Crippen LogP contribution in [0.5, 0.6) is 0 Å². The molecule has 0 radical (unpaired) electrons. The van der Waals surface area contributed by atoms with E-state index in [-0.39, 0.29) is 11.8 Å². The van der Waals surface area contributed by atoms with Crippen LogP contribution in [-0.4, -0.2) is 69.6 Å². The van der Waals surface area contributed by atoms with Crippen molar-refractivity contribution in [1.29, 1.82) is 0 Å². The molecule has 1 N–H and O–H groups in total. The number of carbonyl (C=O) groups excluding carboxylic acids is 1. The van der Waals surface area contributed by atoms with E-state index in [0.29, 0.717) is 13.1 Å². The van der Waals surface area contributed by atoms with Crippen LogP contribution >= 0.6 is 0 Å². The van der Waals surface area contributed by atoms with Crippen molar-refractivity contribution in [3.8, 4) is 0 Å². The first kappa shape index (κ1) is 21.4. The molecule has 3 heterocycles. The fourth-order valence-corrected chi connectivity index (χ4v) is 4.09. The number of nitrogens with zero attached hydrogens (tertiary/aromatic N) is 5. The topological polar surface area (TPSA) is 73.8 Å². The maximum atomic E-state index is 12.8. The Labute approximate surface area is 184 Å². The molecule has 0 bridgehead atoms. The number of aromatic nitrogens is 2. The fraction of sp³-hybridized carbons (Fsp3) is 0.522.